The first-order valence-corrected chi connectivity index (χ1v) is 7.44. The standard InChI is InChI=1S/C16H25NO4/c1-11-8-13(21-14(11)15(19)20-4)12(2)17-7-5-6-16(3,9-17)10-18/h8,12,18H,5-7,9-10H2,1-4H3. The minimum atomic E-state index is -0.440. The Balaban J connectivity index is 2.16. The van der Waals surface area contributed by atoms with Gasteiger partial charge in [-0.15, -0.1) is 0 Å². The van der Waals surface area contributed by atoms with Gasteiger partial charge < -0.3 is 14.3 Å². The summed E-state index contributed by atoms with van der Waals surface area (Å²) in [5, 5.41) is 9.56. The van der Waals surface area contributed by atoms with E-state index in [1.165, 1.54) is 7.11 Å². The lowest BCUT2D eigenvalue weighted by Gasteiger charge is -2.41. The van der Waals surface area contributed by atoms with E-state index in [4.69, 9.17) is 9.15 Å². The maximum absolute atomic E-state index is 11.6. The average molecular weight is 295 g/mol. The Morgan fingerprint density at radius 2 is 2.33 bits per heavy atom. The fourth-order valence-electron chi connectivity index (χ4n) is 3.00. The molecular weight excluding hydrogens is 270 g/mol. The molecule has 5 heteroatoms. The Kier molecular flexibility index (Phi) is 4.74. The molecule has 1 saturated heterocycles. The number of methoxy groups -OCH3 is 1. The highest BCUT2D eigenvalue weighted by molar-refractivity contribution is 5.87. The number of aliphatic hydroxyl groups excluding tert-OH is 1. The molecule has 2 heterocycles. The molecule has 0 bridgehead atoms. The quantitative estimate of drug-likeness (QED) is 0.865. The van der Waals surface area contributed by atoms with Crippen molar-refractivity contribution >= 4 is 5.97 Å². The number of ether oxygens (including phenoxy) is 1. The molecule has 0 saturated carbocycles. The summed E-state index contributed by atoms with van der Waals surface area (Å²) in [6.45, 7) is 8.03. The van der Waals surface area contributed by atoms with Gasteiger partial charge in [-0.05, 0) is 39.3 Å². The van der Waals surface area contributed by atoms with Crippen molar-refractivity contribution < 1.29 is 19.1 Å². The van der Waals surface area contributed by atoms with Crippen LogP contribution in [0, 0.1) is 12.3 Å². The molecular formula is C16H25NO4. The van der Waals surface area contributed by atoms with Gasteiger partial charge >= 0.3 is 5.97 Å². The normalized spacial score (nSPS) is 24.8. The van der Waals surface area contributed by atoms with E-state index < -0.39 is 5.97 Å². The molecule has 1 aliphatic rings. The minimum Gasteiger partial charge on any atom is -0.463 e. The van der Waals surface area contributed by atoms with Crippen molar-refractivity contribution in [1.82, 2.24) is 4.90 Å². The Morgan fingerprint density at radius 3 is 2.95 bits per heavy atom. The van der Waals surface area contributed by atoms with Crippen molar-refractivity contribution in [3.05, 3.63) is 23.2 Å². The zero-order valence-electron chi connectivity index (χ0n) is 13.3. The van der Waals surface area contributed by atoms with Crippen LogP contribution in [0.4, 0.5) is 0 Å². The van der Waals surface area contributed by atoms with Gasteiger partial charge in [-0.3, -0.25) is 4.90 Å². The minimum absolute atomic E-state index is 0.0562. The number of aliphatic hydroxyl groups is 1. The number of nitrogens with zero attached hydrogens (tertiary/aromatic N) is 1. The molecule has 21 heavy (non-hydrogen) atoms. The van der Waals surface area contributed by atoms with E-state index in [-0.39, 0.29) is 23.8 Å². The molecule has 1 fully saturated rings. The second-order valence-corrected chi connectivity index (χ2v) is 6.37. The fraction of sp³-hybridized carbons (Fsp3) is 0.688. The van der Waals surface area contributed by atoms with E-state index in [9.17, 15) is 9.90 Å². The molecule has 118 valence electrons. The first-order valence-electron chi connectivity index (χ1n) is 7.44. The summed E-state index contributed by atoms with van der Waals surface area (Å²) in [4.78, 5) is 13.9. The molecule has 0 aliphatic carbocycles. The third-order valence-corrected chi connectivity index (χ3v) is 4.46. The fourth-order valence-corrected chi connectivity index (χ4v) is 3.00. The lowest BCUT2D eigenvalue weighted by molar-refractivity contribution is 0.0229. The number of aryl methyl sites for hydroxylation is 1. The molecule has 0 spiro atoms. The zero-order valence-corrected chi connectivity index (χ0v) is 13.3. The number of carbonyl (C=O) groups is 1. The summed E-state index contributed by atoms with van der Waals surface area (Å²) in [6.07, 6.45) is 2.10. The van der Waals surface area contributed by atoms with Gasteiger partial charge in [0.05, 0.1) is 13.2 Å². The summed E-state index contributed by atoms with van der Waals surface area (Å²) in [5.41, 5.74) is 0.741. The van der Waals surface area contributed by atoms with Crippen LogP contribution >= 0.6 is 0 Å². The van der Waals surface area contributed by atoms with E-state index in [2.05, 4.69) is 18.7 Å². The second-order valence-electron chi connectivity index (χ2n) is 6.37. The van der Waals surface area contributed by atoms with Crippen molar-refractivity contribution in [3.63, 3.8) is 0 Å². The van der Waals surface area contributed by atoms with Gasteiger partial charge in [0.2, 0.25) is 5.76 Å². The van der Waals surface area contributed by atoms with Crippen molar-refractivity contribution in [1.29, 1.82) is 0 Å². The van der Waals surface area contributed by atoms with E-state index in [0.29, 0.717) is 0 Å². The number of furan rings is 1. The molecule has 0 radical (unpaired) electrons. The molecule has 2 unspecified atom stereocenters. The zero-order chi connectivity index (χ0) is 15.6. The molecule has 2 rings (SSSR count). The topological polar surface area (TPSA) is 62.9 Å². The van der Waals surface area contributed by atoms with Crippen LogP contribution in [-0.4, -0.2) is 42.8 Å². The predicted molar refractivity (Wildman–Crippen MR) is 79.2 cm³/mol. The highest BCUT2D eigenvalue weighted by atomic mass is 16.5. The molecule has 0 aromatic carbocycles. The lowest BCUT2D eigenvalue weighted by Crippen LogP contribution is -2.44. The van der Waals surface area contributed by atoms with Crippen molar-refractivity contribution in [2.45, 2.75) is 39.7 Å². The number of piperidine rings is 1. The first kappa shape index (κ1) is 16.0. The predicted octanol–water partition coefficient (Wildman–Crippen LogP) is 2.53. The molecule has 1 aliphatic heterocycles. The van der Waals surface area contributed by atoms with Gasteiger partial charge in [-0.1, -0.05) is 6.92 Å². The highest BCUT2D eigenvalue weighted by Crippen LogP contribution is 2.34. The van der Waals surface area contributed by atoms with Gasteiger partial charge in [0.25, 0.3) is 0 Å². The Hall–Kier alpha value is -1.33. The number of esters is 1. The summed E-state index contributed by atoms with van der Waals surface area (Å²) in [7, 11) is 1.35. The molecule has 1 N–H and O–H groups in total. The number of carbonyl (C=O) groups excluding carboxylic acids is 1. The molecule has 1 aromatic heterocycles. The van der Waals surface area contributed by atoms with Crippen LogP contribution in [0.1, 0.15) is 54.6 Å². The van der Waals surface area contributed by atoms with Crippen LogP contribution in [0.3, 0.4) is 0 Å². The van der Waals surface area contributed by atoms with Crippen LogP contribution < -0.4 is 0 Å². The van der Waals surface area contributed by atoms with E-state index in [1.807, 2.05) is 13.0 Å². The third-order valence-electron chi connectivity index (χ3n) is 4.46. The summed E-state index contributed by atoms with van der Waals surface area (Å²) < 4.78 is 10.4. The number of hydrogen-bond acceptors (Lipinski definition) is 5. The van der Waals surface area contributed by atoms with Crippen molar-refractivity contribution in [2.75, 3.05) is 26.8 Å². The van der Waals surface area contributed by atoms with Gasteiger partial charge in [0.15, 0.2) is 0 Å². The highest BCUT2D eigenvalue weighted by Gasteiger charge is 2.34. The Labute approximate surface area is 125 Å². The van der Waals surface area contributed by atoms with Gasteiger partial charge in [0.1, 0.15) is 5.76 Å². The van der Waals surface area contributed by atoms with Crippen LogP contribution in [-0.2, 0) is 4.74 Å². The Bertz CT molecular complexity index is 510. The summed E-state index contributed by atoms with van der Waals surface area (Å²) >= 11 is 0. The van der Waals surface area contributed by atoms with Crippen molar-refractivity contribution in [3.8, 4) is 0 Å². The number of hydrogen-bond donors (Lipinski definition) is 1. The van der Waals surface area contributed by atoms with Crippen LogP contribution in [0.2, 0.25) is 0 Å². The third kappa shape index (κ3) is 3.30. The smallest absolute Gasteiger partial charge is 0.374 e. The molecule has 2 atom stereocenters. The average Bonchev–Trinajstić information content (AvgIpc) is 2.87. The largest absolute Gasteiger partial charge is 0.463 e. The van der Waals surface area contributed by atoms with Crippen LogP contribution in [0.25, 0.3) is 0 Å². The van der Waals surface area contributed by atoms with E-state index in [0.717, 1.165) is 37.3 Å². The van der Waals surface area contributed by atoms with E-state index in [1.54, 1.807) is 0 Å². The number of rotatable bonds is 4. The van der Waals surface area contributed by atoms with Gasteiger partial charge in [0, 0.05) is 24.1 Å². The lowest BCUT2D eigenvalue weighted by atomic mass is 9.82. The molecule has 1 aromatic rings. The van der Waals surface area contributed by atoms with E-state index >= 15 is 0 Å². The van der Waals surface area contributed by atoms with Crippen LogP contribution in [0.5, 0.6) is 0 Å². The molecule has 5 nitrogen and oxygen atoms in total. The first-order chi connectivity index (χ1) is 9.90. The SMILES string of the molecule is COC(=O)c1oc(C(C)N2CCCC(C)(CO)C2)cc1C. The Morgan fingerprint density at radius 1 is 1.62 bits per heavy atom. The van der Waals surface area contributed by atoms with Gasteiger partial charge in [-0.2, -0.15) is 0 Å². The summed E-state index contributed by atoms with van der Waals surface area (Å²) in [5.74, 6) is 0.612. The molecule has 0 amide bonds. The maximum Gasteiger partial charge on any atom is 0.374 e. The van der Waals surface area contributed by atoms with Crippen LogP contribution in [0.15, 0.2) is 10.5 Å². The van der Waals surface area contributed by atoms with Gasteiger partial charge in [-0.25, -0.2) is 4.79 Å². The van der Waals surface area contributed by atoms with Crippen molar-refractivity contribution in [2.24, 2.45) is 5.41 Å². The number of likely N-dealkylation sites (tertiary alicyclic amines) is 1. The maximum atomic E-state index is 11.6. The summed E-state index contributed by atoms with van der Waals surface area (Å²) in [6, 6.07) is 1.98. The monoisotopic (exact) mass is 295 g/mol. The second kappa shape index (κ2) is 6.20.